The number of rotatable bonds is 9. The molecule has 1 aliphatic heterocycles. The van der Waals surface area contributed by atoms with E-state index in [0.717, 1.165) is 74.9 Å². The van der Waals surface area contributed by atoms with E-state index in [2.05, 4.69) is 57.9 Å². The molecule has 0 radical (unpaired) electrons. The number of hydrogen-bond donors (Lipinski definition) is 1. The van der Waals surface area contributed by atoms with Gasteiger partial charge in [-0.1, -0.05) is 43.7 Å². The summed E-state index contributed by atoms with van der Waals surface area (Å²) < 4.78 is 4.11. The smallest absolute Gasteiger partial charge is 0.306 e. The van der Waals surface area contributed by atoms with E-state index in [1.165, 1.54) is 17.8 Å². The minimum atomic E-state index is 0.0251. The van der Waals surface area contributed by atoms with Crippen LogP contribution in [0.4, 0.5) is 0 Å². The predicted octanol–water partition coefficient (Wildman–Crippen LogP) is 5.13. The van der Waals surface area contributed by atoms with Crippen molar-refractivity contribution >= 4 is 11.0 Å². The van der Waals surface area contributed by atoms with E-state index in [4.69, 9.17) is 5.10 Å². The van der Waals surface area contributed by atoms with Crippen LogP contribution in [0.1, 0.15) is 56.5 Å². The second kappa shape index (κ2) is 10.4. The lowest BCUT2D eigenvalue weighted by molar-refractivity contribution is 0.184. The Morgan fingerprint density at radius 1 is 0.971 bits per heavy atom. The van der Waals surface area contributed by atoms with E-state index < -0.39 is 0 Å². The first-order valence-corrected chi connectivity index (χ1v) is 12.8. The van der Waals surface area contributed by atoms with E-state index >= 15 is 0 Å². The highest BCUT2D eigenvalue weighted by atomic mass is 16.1. The average Bonchev–Trinajstić information content (AvgIpc) is 3.43. The fourth-order valence-electron chi connectivity index (χ4n) is 5.30. The molecule has 0 bridgehead atoms. The zero-order chi connectivity index (χ0) is 23.3. The summed E-state index contributed by atoms with van der Waals surface area (Å²) in [5, 5.41) is 4.88. The van der Waals surface area contributed by atoms with Gasteiger partial charge in [-0.05, 0) is 75.4 Å². The van der Waals surface area contributed by atoms with Gasteiger partial charge in [-0.25, -0.2) is 9.48 Å². The van der Waals surface area contributed by atoms with Gasteiger partial charge in [0.15, 0.2) is 0 Å². The van der Waals surface area contributed by atoms with E-state index in [1.54, 1.807) is 0 Å². The number of aromatic nitrogens is 4. The van der Waals surface area contributed by atoms with Gasteiger partial charge in [-0.2, -0.15) is 5.10 Å². The van der Waals surface area contributed by atoms with Crippen molar-refractivity contribution in [2.45, 2.75) is 57.9 Å². The van der Waals surface area contributed by atoms with Crippen molar-refractivity contribution in [1.82, 2.24) is 24.2 Å². The highest BCUT2D eigenvalue weighted by Crippen LogP contribution is 2.25. The van der Waals surface area contributed by atoms with Crippen LogP contribution in [0.15, 0.2) is 65.5 Å². The van der Waals surface area contributed by atoms with Crippen molar-refractivity contribution in [1.29, 1.82) is 0 Å². The molecule has 34 heavy (non-hydrogen) atoms. The van der Waals surface area contributed by atoms with Gasteiger partial charge in [0, 0.05) is 24.8 Å². The first kappa shape index (κ1) is 22.7. The molecule has 2 aromatic heterocycles. The normalized spacial score (nSPS) is 15.3. The number of nitrogens with zero attached hydrogens (tertiary/aromatic N) is 4. The third-order valence-corrected chi connectivity index (χ3v) is 7.04. The molecule has 0 saturated carbocycles. The topological polar surface area (TPSA) is 58.9 Å². The zero-order valence-corrected chi connectivity index (χ0v) is 20.1. The van der Waals surface area contributed by atoms with Gasteiger partial charge in [0.05, 0.1) is 22.4 Å². The van der Waals surface area contributed by atoms with Gasteiger partial charge >= 0.3 is 5.69 Å². The average molecular weight is 458 g/mol. The first-order valence-electron chi connectivity index (χ1n) is 12.8. The van der Waals surface area contributed by atoms with Crippen LogP contribution in [0, 0.1) is 0 Å². The maximum absolute atomic E-state index is 12.5. The highest BCUT2D eigenvalue weighted by Gasteiger charge is 2.23. The molecule has 0 aliphatic carbocycles. The Labute approximate surface area is 201 Å². The van der Waals surface area contributed by atoms with E-state index in [0.29, 0.717) is 0 Å². The number of H-pyrrole nitrogens is 1. The molecule has 0 unspecified atom stereocenters. The number of aryl methyl sites for hydroxylation is 2. The predicted molar refractivity (Wildman–Crippen MR) is 138 cm³/mol. The van der Waals surface area contributed by atoms with Crippen LogP contribution in [-0.4, -0.2) is 43.9 Å². The lowest BCUT2D eigenvalue weighted by Crippen LogP contribution is -2.37. The summed E-state index contributed by atoms with van der Waals surface area (Å²) in [6.07, 6.45) is 7.60. The molecule has 3 heterocycles. The van der Waals surface area contributed by atoms with Crippen LogP contribution in [-0.2, 0) is 12.8 Å². The van der Waals surface area contributed by atoms with Crippen LogP contribution >= 0.6 is 0 Å². The quantitative estimate of drug-likeness (QED) is 0.355. The van der Waals surface area contributed by atoms with Crippen LogP contribution < -0.4 is 5.69 Å². The van der Waals surface area contributed by atoms with Crippen LogP contribution in [0.2, 0.25) is 0 Å². The number of unbranched alkanes of at least 4 members (excludes halogenated alkanes) is 1. The van der Waals surface area contributed by atoms with E-state index in [1.807, 2.05) is 28.8 Å². The molecule has 0 amide bonds. The van der Waals surface area contributed by atoms with Gasteiger partial charge < -0.3 is 9.88 Å². The first-order chi connectivity index (χ1) is 16.7. The Hall–Kier alpha value is -3.12. The minimum absolute atomic E-state index is 0.0251. The van der Waals surface area contributed by atoms with Gasteiger partial charge in [0.1, 0.15) is 0 Å². The fourth-order valence-corrected chi connectivity index (χ4v) is 5.30. The van der Waals surface area contributed by atoms with Crippen molar-refractivity contribution in [3.8, 4) is 5.69 Å². The summed E-state index contributed by atoms with van der Waals surface area (Å²) in [4.78, 5) is 18.1. The number of aromatic amines is 1. The molecular formula is C28H35N5O. The summed E-state index contributed by atoms with van der Waals surface area (Å²) in [5.41, 5.74) is 5.64. The monoisotopic (exact) mass is 457 g/mol. The van der Waals surface area contributed by atoms with Crippen molar-refractivity contribution in [3.63, 3.8) is 0 Å². The lowest BCUT2D eigenvalue weighted by atomic mass is 10.0. The number of benzene rings is 2. The van der Waals surface area contributed by atoms with Crippen LogP contribution in [0.5, 0.6) is 0 Å². The summed E-state index contributed by atoms with van der Waals surface area (Å²) in [6, 6.07) is 21.1. The van der Waals surface area contributed by atoms with E-state index in [9.17, 15) is 4.79 Å². The molecule has 1 fully saturated rings. The fraction of sp³-hybridized carbons (Fsp3) is 0.429. The molecule has 2 aromatic carbocycles. The third-order valence-electron chi connectivity index (χ3n) is 7.04. The molecule has 0 spiro atoms. The SMILES string of the molecule is CCCc1cc(CCCCN2CCC(n3c(=O)[nH]c4ccccc43)CC2)n(-c2ccccc2)n1. The number of para-hydroxylation sites is 3. The van der Waals surface area contributed by atoms with Crippen LogP contribution in [0.25, 0.3) is 16.7 Å². The lowest BCUT2D eigenvalue weighted by Gasteiger charge is -2.32. The maximum Gasteiger partial charge on any atom is 0.326 e. The van der Waals surface area contributed by atoms with Crippen LogP contribution in [0.3, 0.4) is 0 Å². The Kier molecular flexibility index (Phi) is 6.95. The second-order valence-electron chi connectivity index (χ2n) is 9.47. The third kappa shape index (κ3) is 4.87. The number of nitrogens with one attached hydrogen (secondary N) is 1. The number of fused-ring (bicyclic) bond motifs is 1. The van der Waals surface area contributed by atoms with Gasteiger partial charge in [-0.15, -0.1) is 0 Å². The number of likely N-dealkylation sites (tertiary alicyclic amines) is 1. The Morgan fingerprint density at radius 3 is 2.53 bits per heavy atom. The summed E-state index contributed by atoms with van der Waals surface area (Å²) in [6.45, 7) is 5.44. The van der Waals surface area contributed by atoms with Gasteiger partial charge in [0.2, 0.25) is 0 Å². The molecule has 4 aromatic rings. The Balaban J connectivity index is 1.14. The Bertz CT molecular complexity index is 1260. The van der Waals surface area contributed by atoms with Crippen molar-refractivity contribution < 1.29 is 0 Å². The molecule has 178 valence electrons. The van der Waals surface area contributed by atoms with Crippen molar-refractivity contribution in [2.24, 2.45) is 0 Å². The second-order valence-corrected chi connectivity index (χ2v) is 9.47. The number of imidazole rings is 1. The zero-order valence-electron chi connectivity index (χ0n) is 20.1. The largest absolute Gasteiger partial charge is 0.326 e. The molecule has 1 saturated heterocycles. The molecular weight excluding hydrogens is 422 g/mol. The maximum atomic E-state index is 12.5. The summed E-state index contributed by atoms with van der Waals surface area (Å²) in [7, 11) is 0. The highest BCUT2D eigenvalue weighted by molar-refractivity contribution is 5.75. The molecule has 6 nitrogen and oxygen atoms in total. The molecule has 1 N–H and O–H groups in total. The number of piperidine rings is 1. The molecule has 1 aliphatic rings. The van der Waals surface area contributed by atoms with E-state index in [-0.39, 0.29) is 11.7 Å². The van der Waals surface area contributed by atoms with Gasteiger partial charge in [-0.3, -0.25) is 4.57 Å². The number of hydrogen-bond acceptors (Lipinski definition) is 3. The molecule has 0 atom stereocenters. The molecule has 6 heteroatoms. The standard InChI is InChI=1S/C28H35N5O/c1-2-10-22-21-25(33(30-22)24-11-4-3-5-12-24)13-8-9-18-31-19-16-23(17-20-31)32-27-15-7-6-14-26(27)29-28(32)34/h3-7,11-12,14-15,21,23H,2,8-10,13,16-20H2,1H3,(H,29,34). The van der Waals surface area contributed by atoms with Crippen molar-refractivity contribution in [3.05, 3.63) is 82.5 Å². The Morgan fingerprint density at radius 2 is 1.74 bits per heavy atom. The summed E-state index contributed by atoms with van der Waals surface area (Å²) >= 11 is 0. The summed E-state index contributed by atoms with van der Waals surface area (Å²) in [5.74, 6) is 0. The van der Waals surface area contributed by atoms with Gasteiger partial charge in [0.25, 0.3) is 0 Å². The minimum Gasteiger partial charge on any atom is -0.306 e. The van der Waals surface area contributed by atoms with Crippen molar-refractivity contribution in [2.75, 3.05) is 19.6 Å². The molecule has 5 rings (SSSR count).